The quantitative estimate of drug-likeness (QED) is 0.322. The molecule has 0 fully saturated rings. The van der Waals surface area contributed by atoms with Gasteiger partial charge in [-0.25, -0.2) is 0 Å². The highest BCUT2D eigenvalue weighted by Gasteiger charge is 2.31. The number of ether oxygens (including phenoxy) is 2. The van der Waals surface area contributed by atoms with Crippen LogP contribution in [0.2, 0.25) is 10.0 Å². The van der Waals surface area contributed by atoms with E-state index in [1.807, 2.05) is 55.5 Å². The lowest BCUT2D eigenvalue weighted by molar-refractivity contribution is -0.141. The number of fused-ring (bicyclic) bond motifs is 1. The molecule has 8 heteroatoms. The number of aryl methyl sites for hydroxylation is 1. The molecule has 0 bridgehead atoms. The standard InChI is InChI=1S/C30H32Cl2N2O4/c1-2-15-33-30(36)26(18-21-7-4-3-5-8-21)34(20-23-24(31)9-6-10-25(23)32)29(35)14-12-22-11-13-27-28(19-22)38-17-16-37-27/h3-11,13,19,26H,2,12,14-18,20H2,1H3,(H,33,36)/t26-/m1/s1. The maximum atomic E-state index is 13.8. The van der Waals surface area contributed by atoms with E-state index in [2.05, 4.69) is 5.32 Å². The van der Waals surface area contributed by atoms with Gasteiger partial charge in [-0.3, -0.25) is 9.59 Å². The van der Waals surface area contributed by atoms with E-state index in [9.17, 15) is 9.59 Å². The minimum atomic E-state index is -0.732. The summed E-state index contributed by atoms with van der Waals surface area (Å²) < 4.78 is 11.3. The van der Waals surface area contributed by atoms with Crippen LogP contribution >= 0.6 is 23.2 Å². The molecule has 0 saturated heterocycles. The normalized spacial score (nSPS) is 13.0. The Hall–Kier alpha value is -3.22. The third kappa shape index (κ3) is 7.21. The van der Waals surface area contributed by atoms with Crippen LogP contribution in [-0.2, 0) is 29.0 Å². The van der Waals surface area contributed by atoms with Gasteiger partial charge in [0.25, 0.3) is 0 Å². The van der Waals surface area contributed by atoms with Gasteiger partial charge in [0.2, 0.25) is 11.8 Å². The van der Waals surface area contributed by atoms with Crippen molar-refractivity contribution in [1.82, 2.24) is 10.2 Å². The van der Waals surface area contributed by atoms with Gasteiger partial charge in [-0.15, -0.1) is 0 Å². The van der Waals surface area contributed by atoms with E-state index in [0.29, 0.717) is 59.7 Å². The van der Waals surface area contributed by atoms with Gasteiger partial charge < -0.3 is 19.7 Å². The Bertz CT molecular complexity index is 1230. The number of nitrogens with zero attached hydrogens (tertiary/aromatic N) is 1. The van der Waals surface area contributed by atoms with Crippen molar-refractivity contribution in [3.05, 3.63) is 93.5 Å². The largest absolute Gasteiger partial charge is 0.486 e. The van der Waals surface area contributed by atoms with Crippen LogP contribution in [0.1, 0.15) is 36.5 Å². The number of halogens is 2. The van der Waals surface area contributed by atoms with Gasteiger partial charge >= 0.3 is 0 Å². The molecule has 1 aliphatic heterocycles. The second-order valence-corrected chi connectivity index (χ2v) is 10.0. The Kier molecular flexibility index (Phi) is 9.91. The van der Waals surface area contributed by atoms with E-state index >= 15 is 0 Å². The fourth-order valence-corrected chi connectivity index (χ4v) is 4.93. The molecular weight excluding hydrogens is 523 g/mol. The van der Waals surface area contributed by atoms with Crippen LogP contribution in [-0.4, -0.2) is 42.5 Å². The smallest absolute Gasteiger partial charge is 0.243 e. The molecule has 38 heavy (non-hydrogen) atoms. The van der Waals surface area contributed by atoms with Crippen molar-refractivity contribution in [2.45, 2.75) is 45.2 Å². The van der Waals surface area contributed by atoms with Crippen LogP contribution in [0.3, 0.4) is 0 Å². The summed E-state index contributed by atoms with van der Waals surface area (Å²) in [5.74, 6) is 1.02. The fourth-order valence-electron chi connectivity index (χ4n) is 4.41. The predicted molar refractivity (Wildman–Crippen MR) is 150 cm³/mol. The molecule has 0 radical (unpaired) electrons. The van der Waals surface area contributed by atoms with Crippen LogP contribution in [0.25, 0.3) is 0 Å². The second-order valence-electron chi connectivity index (χ2n) is 9.20. The van der Waals surface area contributed by atoms with Crippen molar-refractivity contribution in [3.63, 3.8) is 0 Å². The Labute approximate surface area is 233 Å². The summed E-state index contributed by atoms with van der Waals surface area (Å²) in [7, 11) is 0. The van der Waals surface area contributed by atoms with Crippen LogP contribution in [0.4, 0.5) is 0 Å². The first-order chi connectivity index (χ1) is 18.5. The maximum absolute atomic E-state index is 13.8. The second kappa shape index (κ2) is 13.5. The van der Waals surface area contributed by atoms with Crippen LogP contribution in [0, 0.1) is 0 Å². The molecule has 0 unspecified atom stereocenters. The van der Waals surface area contributed by atoms with Gasteiger partial charge in [0.15, 0.2) is 11.5 Å². The van der Waals surface area contributed by atoms with Crippen molar-refractivity contribution < 1.29 is 19.1 Å². The van der Waals surface area contributed by atoms with E-state index in [1.165, 1.54) is 0 Å². The molecule has 4 rings (SSSR count). The van der Waals surface area contributed by atoms with Crippen molar-refractivity contribution in [3.8, 4) is 11.5 Å². The molecule has 3 aromatic carbocycles. The van der Waals surface area contributed by atoms with E-state index in [0.717, 1.165) is 17.5 Å². The third-order valence-corrected chi connectivity index (χ3v) is 7.15. The molecule has 2 amide bonds. The summed E-state index contributed by atoms with van der Waals surface area (Å²) in [5.41, 5.74) is 2.53. The molecule has 1 N–H and O–H groups in total. The first-order valence-electron chi connectivity index (χ1n) is 12.9. The zero-order valence-electron chi connectivity index (χ0n) is 21.4. The number of carbonyl (C=O) groups is 2. The van der Waals surface area contributed by atoms with Crippen molar-refractivity contribution in [2.75, 3.05) is 19.8 Å². The van der Waals surface area contributed by atoms with Crippen LogP contribution in [0.5, 0.6) is 11.5 Å². The number of benzene rings is 3. The maximum Gasteiger partial charge on any atom is 0.243 e. The van der Waals surface area contributed by atoms with Gasteiger partial charge in [-0.2, -0.15) is 0 Å². The van der Waals surface area contributed by atoms with Crippen molar-refractivity contribution >= 4 is 35.0 Å². The molecular formula is C30H32Cl2N2O4. The summed E-state index contributed by atoms with van der Waals surface area (Å²) in [4.78, 5) is 28.9. The topological polar surface area (TPSA) is 67.9 Å². The van der Waals surface area contributed by atoms with E-state index in [-0.39, 0.29) is 24.8 Å². The lowest BCUT2D eigenvalue weighted by Crippen LogP contribution is -2.50. The number of amides is 2. The molecule has 1 aliphatic rings. The van der Waals surface area contributed by atoms with E-state index in [4.69, 9.17) is 32.7 Å². The molecule has 0 aromatic heterocycles. The Morgan fingerprint density at radius 3 is 2.34 bits per heavy atom. The highest BCUT2D eigenvalue weighted by Crippen LogP contribution is 2.32. The first-order valence-corrected chi connectivity index (χ1v) is 13.6. The summed E-state index contributed by atoms with van der Waals surface area (Å²) in [6.07, 6.45) is 1.84. The van der Waals surface area contributed by atoms with E-state index in [1.54, 1.807) is 23.1 Å². The monoisotopic (exact) mass is 554 g/mol. The zero-order chi connectivity index (χ0) is 26.9. The number of carbonyl (C=O) groups excluding carboxylic acids is 2. The van der Waals surface area contributed by atoms with Crippen molar-refractivity contribution in [2.24, 2.45) is 0 Å². The highest BCUT2D eigenvalue weighted by molar-refractivity contribution is 6.36. The highest BCUT2D eigenvalue weighted by atomic mass is 35.5. The molecule has 200 valence electrons. The van der Waals surface area contributed by atoms with Gasteiger partial charge in [0.05, 0.1) is 0 Å². The Balaban J connectivity index is 1.62. The molecule has 1 heterocycles. The summed E-state index contributed by atoms with van der Waals surface area (Å²) in [5, 5.41) is 3.89. The summed E-state index contributed by atoms with van der Waals surface area (Å²) in [6.45, 7) is 3.65. The minimum absolute atomic E-state index is 0.121. The number of hydrogen-bond donors (Lipinski definition) is 1. The molecule has 3 aromatic rings. The molecule has 0 spiro atoms. The summed E-state index contributed by atoms with van der Waals surface area (Å²) in [6, 6.07) is 19.9. The lowest BCUT2D eigenvalue weighted by atomic mass is 10.0. The number of nitrogens with one attached hydrogen (secondary N) is 1. The minimum Gasteiger partial charge on any atom is -0.486 e. The average molecular weight is 556 g/mol. The fraction of sp³-hybridized carbons (Fsp3) is 0.333. The molecule has 0 aliphatic carbocycles. The lowest BCUT2D eigenvalue weighted by Gasteiger charge is -2.32. The zero-order valence-corrected chi connectivity index (χ0v) is 22.9. The van der Waals surface area contributed by atoms with Gasteiger partial charge in [0, 0.05) is 41.5 Å². The Morgan fingerprint density at radius 1 is 0.921 bits per heavy atom. The molecule has 6 nitrogen and oxygen atoms in total. The van der Waals surface area contributed by atoms with Gasteiger partial charge in [-0.1, -0.05) is 72.6 Å². The first kappa shape index (κ1) is 27.8. The van der Waals surface area contributed by atoms with Gasteiger partial charge in [0.1, 0.15) is 19.3 Å². The van der Waals surface area contributed by atoms with Crippen LogP contribution in [0.15, 0.2) is 66.7 Å². The summed E-state index contributed by atoms with van der Waals surface area (Å²) >= 11 is 13.0. The predicted octanol–water partition coefficient (Wildman–Crippen LogP) is 5.86. The SMILES string of the molecule is CCCNC(=O)[C@@H](Cc1ccccc1)N(Cc1c(Cl)cccc1Cl)C(=O)CCc1ccc2c(c1)OCCO2. The van der Waals surface area contributed by atoms with Crippen molar-refractivity contribution in [1.29, 1.82) is 0 Å². The van der Waals surface area contributed by atoms with E-state index < -0.39 is 6.04 Å². The average Bonchev–Trinajstić information content (AvgIpc) is 2.94. The van der Waals surface area contributed by atoms with Gasteiger partial charge in [-0.05, 0) is 48.2 Å². The number of hydrogen-bond acceptors (Lipinski definition) is 4. The number of rotatable bonds is 11. The Morgan fingerprint density at radius 2 is 1.63 bits per heavy atom. The third-order valence-electron chi connectivity index (χ3n) is 6.44. The molecule has 1 atom stereocenters. The van der Waals surface area contributed by atoms with Crippen LogP contribution < -0.4 is 14.8 Å². The molecule has 0 saturated carbocycles.